The van der Waals surface area contributed by atoms with Gasteiger partial charge in [-0.2, -0.15) is 0 Å². The van der Waals surface area contributed by atoms with Crippen LogP contribution < -0.4 is 0 Å². The van der Waals surface area contributed by atoms with Gasteiger partial charge < -0.3 is 13.4 Å². The highest BCUT2D eigenvalue weighted by Crippen LogP contribution is 2.47. The molecule has 0 aliphatic rings. The molecule has 4 heteroatoms. The average molecular weight is 390 g/mol. The van der Waals surface area contributed by atoms with Gasteiger partial charge in [0.05, 0.1) is 26.8 Å². The fraction of sp³-hybridized carbons (Fsp3) is 0.0400. The standard InChI is InChI=1S/C25H14N2OS/c1-26-17-7-4-6-13-16-11-28-12-19(16)27-23-15(9-10-18(26)22(23)21(13)17)25-24(27)14-5-2-3-8-20(14)29-25/h2-12H,1H3. The molecule has 0 saturated heterocycles. The highest BCUT2D eigenvalue weighted by molar-refractivity contribution is 7.26. The second-order valence-corrected chi connectivity index (χ2v) is 8.95. The van der Waals surface area contributed by atoms with E-state index in [0.29, 0.717) is 0 Å². The molecule has 0 fully saturated rings. The third-order valence-electron chi connectivity index (χ3n) is 6.60. The van der Waals surface area contributed by atoms with Gasteiger partial charge in [-0.1, -0.05) is 30.3 Å². The first-order chi connectivity index (χ1) is 14.3. The summed E-state index contributed by atoms with van der Waals surface area (Å²) in [6.07, 6.45) is 3.81. The van der Waals surface area contributed by atoms with Crippen LogP contribution in [0.3, 0.4) is 0 Å². The van der Waals surface area contributed by atoms with E-state index in [0.717, 1.165) is 10.9 Å². The Morgan fingerprint density at radius 1 is 0.690 bits per heavy atom. The number of aryl methyl sites for hydroxylation is 1. The molecule has 0 amide bonds. The van der Waals surface area contributed by atoms with Crippen molar-refractivity contribution < 1.29 is 4.42 Å². The van der Waals surface area contributed by atoms with E-state index in [4.69, 9.17) is 4.42 Å². The molecule has 8 aromatic rings. The third kappa shape index (κ3) is 1.45. The number of thiophene rings is 1. The summed E-state index contributed by atoms with van der Waals surface area (Å²) in [6.45, 7) is 0. The lowest BCUT2D eigenvalue weighted by molar-refractivity contribution is 0.571. The molecule has 0 spiro atoms. The first kappa shape index (κ1) is 14.5. The van der Waals surface area contributed by atoms with E-state index < -0.39 is 0 Å². The molecule has 136 valence electrons. The van der Waals surface area contributed by atoms with Gasteiger partial charge in [0.15, 0.2) is 0 Å². The fourth-order valence-corrected chi connectivity index (χ4v) is 6.63. The van der Waals surface area contributed by atoms with E-state index in [-0.39, 0.29) is 0 Å². The van der Waals surface area contributed by atoms with Crippen LogP contribution in [-0.4, -0.2) is 8.97 Å². The quantitative estimate of drug-likeness (QED) is 0.266. The van der Waals surface area contributed by atoms with Crippen molar-refractivity contribution in [3.63, 3.8) is 0 Å². The molecule has 3 aromatic carbocycles. The molecule has 0 atom stereocenters. The summed E-state index contributed by atoms with van der Waals surface area (Å²) in [5.74, 6) is 0. The van der Waals surface area contributed by atoms with Crippen LogP contribution in [0.1, 0.15) is 0 Å². The predicted octanol–water partition coefficient (Wildman–Crippen LogP) is 7.29. The number of aromatic nitrogens is 2. The Bertz CT molecular complexity index is 1920. The van der Waals surface area contributed by atoms with E-state index in [1.807, 2.05) is 23.9 Å². The van der Waals surface area contributed by atoms with Gasteiger partial charge in [0.1, 0.15) is 12.5 Å². The van der Waals surface area contributed by atoms with Gasteiger partial charge in [0.25, 0.3) is 0 Å². The first-order valence-electron chi connectivity index (χ1n) is 9.75. The number of benzene rings is 3. The predicted molar refractivity (Wildman–Crippen MR) is 123 cm³/mol. The van der Waals surface area contributed by atoms with Crippen molar-refractivity contribution in [2.75, 3.05) is 0 Å². The molecule has 5 aromatic heterocycles. The maximum atomic E-state index is 5.79. The SMILES string of the molecule is Cn1c2cccc3c4cocc4n4c5c6ccccc6sc5c5ccc1c(c32)c54. The van der Waals surface area contributed by atoms with E-state index >= 15 is 0 Å². The molecule has 0 radical (unpaired) electrons. The van der Waals surface area contributed by atoms with Crippen molar-refractivity contribution in [3.05, 3.63) is 67.1 Å². The number of hydrogen-bond acceptors (Lipinski definition) is 2. The summed E-state index contributed by atoms with van der Waals surface area (Å²) in [4.78, 5) is 0. The zero-order valence-corrected chi connectivity index (χ0v) is 16.4. The topological polar surface area (TPSA) is 22.5 Å². The molecule has 3 nitrogen and oxygen atoms in total. The van der Waals surface area contributed by atoms with Gasteiger partial charge in [-0.05, 0) is 29.7 Å². The Morgan fingerprint density at radius 2 is 1.55 bits per heavy atom. The Labute approximate surface area is 168 Å². The minimum atomic E-state index is 1.13. The molecule has 0 N–H and O–H groups in total. The molecular weight excluding hydrogens is 376 g/mol. The summed E-state index contributed by atoms with van der Waals surface area (Å²) in [6, 6.07) is 19.9. The van der Waals surface area contributed by atoms with E-state index in [1.165, 1.54) is 58.4 Å². The first-order valence-corrected chi connectivity index (χ1v) is 10.6. The van der Waals surface area contributed by atoms with E-state index in [1.54, 1.807) is 0 Å². The maximum absolute atomic E-state index is 5.79. The minimum absolute atomic E-state index is 1.13. The van der Waals surface area contributed by atoms with Crippen LogP contribution >= 0.6 is 11.3 Å². The molecule has 0 aliphatic carbocycles. The van der Waals surface area contributed by atoms with Crippen LogP contribution in [0.5, 0.6) is 0 Å². The molecular formula is C25H14N2OS. The average Bonchev–Trinajstić information content (AvgIpc) is 3.48. The van der Waals surface area contributed by atoms with Crippen molar-refractivity contribution >= 4 is 80.6 Å². The molecule has 5 heterocycles. The summed E-state index contributed by atoms with van der Waals surface area (Å²) >= 11 is 1.89. The second-order valence-electron chi connectivity index (χ2n) is 7.90. The number of furan rings is 1. The fourth-order valence-electron chi connectivity index (χ4n) is 5.41. The Kier molecular flexibility index (Phi) is 2.28. The second kappa shape index (κ2) is 4.56. The minimum Gasteiger partial charge on any atom is -0.470 e. The summed E-state index contributed by atoms with van der Waals surface area (Å²) in [5.41, 5.74) is 6.26. The lowest BCUT2D eigenvalue weighted by Gasteiger charge is -2.01. The zero-order chi connectivity index (χ0) is 18.9. The third-order valence-corrected chi connectivity index (χ3v) is 7.80. The molecule has 0 aliphatic heterocycles. The van der Waals surface area contributed by atoms with Crippen LogP contribution in [0.2, 0.25) is 0 Å². The van der Waals surface area contributed by atoms with Crippen molar-refractivity contribution in [1.29, 1.82) is 0 Å². The number of hydrogen-bond donors (Lipinski definition) is 0. The number of rotatable bonds is 0. The molecule has 0 bridgehead atoms. The van der Waals surface area contributed by atoms with Crippen LogP contribution in [0.15, 0.2) is 71.5 Å². The molecule has 0 unspecified atom stereocenters. The van der Waals surface area contributed by atoms with Crippen molar-refractivity contribution in [2.45, 2.75) is 0 Å². The highest BCUT2D eigenvalue weighted by Gasteiger charge is 2.23. The Hall–Kier alpha value is -3.50. The zero-order valence-electron chi connectivity index (χ0n) is 15.6. The van der Waals surface area contributed by atoms with Crippen molar-refractivity contribution in [1.82, 2.24) is 8.97 Å². The maximum Gasteiger partial charge on any atom is 0.115 e. The van der Waals surface area contributed by atoms with Crippen molar-refractivity contribution in [3.8, 4) is 0 Å². The summed E-state index contributed by atoms with van der Waals surface area (Å²) < 4.78 is 13.2. The smallest absolute Gasteiger partial charge is 0.115 e. The van der Waals surface area contributed by atoms with Crippen LogP contribution in [0.4, 0.5) is 0 Å². The normalized spacial score (nSPS) is 13.0. The lowest BCUT2D eigenvalue weighted by Crippen LogP contribution is -1.87. The van der Waals surface area contributed by atoms with Gasteiger partial charge in [-0.3, -0.25) is 0 Å². The number of fused-ring (bicyclic) bond motifs is 8. The molecule has 8 rings (SSSR count). The largest absolute Gasteiger partial charge is 0.470 e. The van der Waals surface area contributed by atoms with Gasteiger partial charge in [-0.15, -0.1) is 11.3 Å². The van der Waals surface area contributed by atoms with Gasteiger partial charge >= 0.3 is 0 Å². The Morgan fingerprint density at radius 3 is 2.52 bits per heavy atom. The lowest BCUT2D eigenvalue weighted by atomic mass is 10.1. The van der Waals surface area contributed by atoms with Crippen LogP contribution in [-0.2, 0) is 7.05 Å². The van der Waals surface area contributed by atoms with Gasteiger partial charge in [0, 0.05) is 44.2 Å². The summed E-state index contributed by atoms with van der Waals surface area (Å²) in [5, 5.41) is 7.71. The Balaban J connectivity index is 1.92. The van der Waals surface area contributed by atoms with Crippen LogP contribution in [0.25, 0.3) is 69.3 Å². The molecule has 29 heavy (non-hydrogen) atoms. The monoisotopic (exact) mass is 390 g/mol. The van der Waals surface area contributed by atoms with Crippen molar-refractivity contribution in [2.24, 2.45) is 7.05 Å². The van der Waals surface area contributed by atoms with Gasteiger partial charge in [0.2, 0.25) is 0 Å². The molecule has 0 saturated carbocycles. The van der Waals surface area contributed by atoms with E-state index in [9.17, 15) is 0 Å². The van der Waals surface area contributed by atoms with Gasteiger partial charge in [-0.25, -0.2) is 0 Å². The van der Waals surface area contributed by atoms with E-state index in [2.05, 4.69) is 70.6 Å². The highest BCUT2D eigenvalue weighted by atomic mass is 32.1. The van der Waals surface area contributed by atoms with Crippen LogP contribution in [0, 0.1) is 0 Å². The summed E-state index contributed by atoms with van der Waals surface area (Å²) in [7, 11) is 2.17. The number of nitrogens with zero attached hydrogens (tertiary/aromatic N) is 2.